The van der Waals surface area contributed by atoms with E-state index in [-0.39, 0.29) is 42.7 Å². The first-order chi connectivity index (χ1) is 20.3. The summed E-state index contributed by atoms with van der Waals surface area (Å²) < 4.78 is 36.8. The molecule has 1 aromatic rings. The van der Waals surface area contributed by atoms with E-state index in [0.717, 1.165) is 19.3 Å². The zero-order valence-electron chi connectivity index (χ0n) is 26.7. The van der Waals surface area contributed by atoms with Gasteiger partial charge in [-0.05, 0) is 70.6 Å². The Labute approximate surface area is 254 Å². The van der Waals surface area contributed by atoms with Crippen LogP contribution in [0.25, 0.3) is 0 Å². The molecule has 2 N–H and O–H groups in total. The Balaban J connectivity index is 2.92. The van der Waals surface area contributed by atoms with Gasteiger partial charge in [-0.1, -0.05) is 53.0 Å². The van der Waals surface area contributed by atoms with Crippen molar-refractivity contribution in [3.63, 3.8) is 0 Å². The second-order valence-corrected chi connectivity index (χ2v) is 10.8. The lowest BCUT2D eigenvalue weighted by molar-refractivity contribution is -0.155. The van der Waals surface area contributed by atoms with Gasteiger partial charge in [0.2, 0.25) is 0 Å². The van der Waals surface area contributed by atoms with Crippen molar-refractivity contribution in [1.29, 1.82) is 0 Å². The minimum Gasteiger partial charge on any atom is -0.458 e. The molecule has 0 aromatic heterocycles. The van der Waals surface area contributed by atoms with E-state index in [1.54, 1.807) is 33.8 Å². The predicted molar refractivity (Wildman–Crippen MR) is 158 cm³/mol. The molecule has 0 aliphatic carbocycles. The molecule has 0 saturated heterocycles. The Bertz CT molecular complexity index is 1030. The smallest absolute Gasteiger partial charge is 0.458 e. The highest BCUT2D eigenvalue weighted by molar-refractivity contribution is 5.76. The van der Waals surface area contributed by atoms with E-state index in [2.05, 4.69) is 0 Å². The number of benzene rings is 1. The molecule has 3 unspecified atom stereocenters. The van der Waals surface area contributed by atoms with Crippen LogP contribution in [0.5, 0.6) is 11.5 Å². The largest absolute Gasteiger partial charge is 0.514 e. The summed E-state index contributed by atoms with van der Waals surface area (Å²) >= 11 is 0. The highest BCUT2D eigenvalue weighted by atomic mass is 16.8. The molecule has 43 heavy (non-hydrogen) atoms. The van der Waals surface area contributed by atoms with Crippen LogP contribution < -0.4 is 15.2 Å². The van der Waals surface area contributed by atoms with E-state index in [1.807, 2.05) is 27.7 Å². The molecule has 1 rings (SSSR count). The van der Waals surface area contributed by atoms with Crippen molar-refractivity contribution in [2.75, 3.05) is 6.61 Å². The Hall–Kier alpha value is -3.54. The van der Waals surface area contributed by atoms with Crippen molar-refractivity contribution < 1.29 is 52.3 Å². The lowest BCUT2D eigenvalue weighted by atomic mass is 10.1. The third-order valence-electron chi connectivity index (χ3n) is 6.57. The molecule has 0 heterocycles. The molecule has 0 aliphatic rings. The van der Waals surface area contributed by atoms with Crippen LogP contribution in [0.1, 0.15) is 93.1 Å². The molecule has 0 bridgehead atoms. The van der Waals surface area contributed by atoms with Crippen molar-refractivity contribution in [3.05, 3.63) is 23.8 Å². The summed E-state index contributed by atoms with van der Waals surface area (Å²) in [5.74, 6) is -0.729. The fourth-order valence-electron chi connectivity index (χ4n) is 3.64. The van der Waals surface area contributed by atoms with Gasteiger partial charge < -0.3 is 38.9 Å². The second kappa shape index (κ2) is 19.6. The fourth-order valence-corrected chi connectivity index (χ4v) is 3.64. The van der Waals surface area contributed by atoms with Gasteiger partial charge in [-0.25, -0.2) is 14.4 Å². The van der Waals surface area contributed by atoms with Gasteiger partial charge in [0.05, 0.1) is 6.61 Å². The van der Waals surface area contributed by atoms with Gasteiger partial charge >= 0.3 is 24.4 Å². The molecule has 0 radical (unpaired) electrons. The van der Waals surface area contributed by atoms with Crippen LogP contribution in [0.15, 0.2) is 18.2 Å². The molecule has 1 aromatic carbocycles. The highest BCUT2D eigenvalue weighted by Gasteiger charge is 2.26. The lowest BCUT2D eigenvalue weighted by Crippen LogP contribution is -2.39. The second-order valence-electron chi connectivity index (χ2n) is 10.8. The van der Waals surface area contributed by atoms with E-state index in [4.69, 9.17) is 38.9 Å². The van der Waals surface area contributed by atoms with Crippen LogP contribution in [0.4, 0.5) is 14.4 Å². The van der Waals surface area contributed by atoms with Crippen LogP contribution in [0.2, 0.25) is 0 Å². The van der Waals surface area contributed by atoms with E-state index in [1.165, 1.54) is 12.1 Å². The number of esters is 1. The fraction of sp³-hybridized carbons (Fsp3) is 0.677. The van der Waals surface area contributed by atoms with Crippen molar-refractivity contribution >= 4 is 24.4 Å². The standard InChI is InChI=1S/C31H49NO11/c1-9-12-20(5)38-30(35)42-26-15-14-24(17-27(26)43-31(36)39-21(6)13-10-2)16-25(32)28(33)40-22(7)23(8)41-29(34)37-18-19(4)11-3/h14-15,17,19-23,25H,9-13,16,18,32H2,1-8H3/t19?,20?,21?,22-,23-,25-/m0/s1. The number of hydrogen-bond donors (Lipinski definition) is 1. The van der Waals surface area contributed by atoms with E-state index in [9.17, 15) is 19.2 Å². The van der Waals surface area contributed by atoms with Crippen molar-refractivity contribution in [3.8, 4) is 11.5 Å². The molecular formula is C31H49NO11. The number of carbonyl (C=O) groups excluding carboxylic acids is 4. The SMILES string of the molecule is CCCC(C)OC(=O)Oc1ccc(C[C@H](N)C(=O)O[C@@H](C)[C@H](C)OC(=O)OCC(C)CC)cc1OC(=O)OC(C)CCC. The van der Waals surface area contributed by atoms with Gasteiger partial charge in [-0.15, -0.1) is 0 Å². The monoisotopic (exact) mass is 611 g/mol. The minimum atomic E-state index is -1.11. The third kappa shape index (κ3) is 15.0. The van der Waals surface area contributed by atoms with E-state index < -0.39 is 42.7 Å². The first-order valence-corrected chi connectivity index (χ1v) is 15.0. The minimum absolute atomic E-state index is 0.00630. The van der Waals surface area contributed by atoms with Crippen LogP contribution in [-0.4, -0.2) is 61.5 Å². The van der Waals surface area contributed by atoms with Gasteiger partial charge in [-0.2, -0.15) is 0 Å². The van der Waals surface area contributed by atoms with Crippen LogP contribution in [0, 0.1) is 5.92 Å². The van der Waals surface area contributed by atoms with Crippen LogP contribution in [0.3, 0.4) is 0 Å². The number of ether oxygens (including phenoxy) is 7. The predicted octanol–water partition coefficient (Wildman–Crippen LogP) is 6.48. The molecule has 6 atom stereocenters. The summed E-state index contributed by atoms with van der Waals surface area (Å²) in [6, 6.07) is 3.27. The molecule has 0 amide bonds. The Morgan fingerprint density at radius 3 is 1.79 bits per heavy atom. The van der Waals surface area contributed by atoms with E-state index >= 15 is 0 Å². The molecule has 0 aliphatic heterocycles. The molecular weight excluding hydrogens is 562 g/mol. The molecule has 244 valence electrons. The average Bonchev–Trinajstić information content (AvgIpc) is 2.92. The third-order valence-corrected chi connectivity index (χ3v) is 6.57. The molecule has 0 spiro atoms. The van der Waals surface area contributed by atoms with Crippen molar-refractivity contribution in [1.82, 2.24) is 0 Å². The zero-order chi connectivity index (χ0) is 32.5. The normalized spacial score (nSPS) is 15.1. The molecule has 0 fully saturated rings. The Morgan fingerprint density at radius 2 is 1.26 bits per heavy atom. The number of carbonyl (C=O) groups is 4. The van der Waals surface area contributed by atoms with Gasteiger partial charge in [0.15, 0.2) is 11.5 Å². The molecule has 12 nitrogen and oxygen atoms in total. The summed E-state index contributed by atoms with van der Waals surface area (Å²) in [6.07, 6.45) is -1.36. The van der Waals surface area contributed by atoms with Crippen LogP contribution in [-0.2, 0) is 34.9 Å². The Kier molecular flexibility index (Phi) is 17.1. The quantitative estimate of drug-likeness (QED) is 0.116. The number of rotatable bonds is 17. The topological polar surface area (TPSA) is 159 Å². The molecule has 0 saturated carbocycles. The first-order valence-electron chi connectivity index (χ1n) is 15.0. The lowest BCUT2D eigenvalue weighted by Gasteiger charge is -2.22. The highest BCUT2D eigenvalue weighted by Crippen LogP contribution is 2.30. The number of nitrogens with two attached hydrogens (primary N) is 1. The maximum atomic E-state index is 12.7. The zero-order valence-corrected chi connectivity index (χ0v) is 26.7. The van der Waals surface area contributed by atoms with Gasteiger partial charge in [-0.3, -0.25) is 4.79 Å². The van der Waals surface area contributed by atoms with Crippen LogP contribution >= 0.6 is 0 Å². The van der Waals surface area contributed by atoms with Gasteiger partial charge in [0.25, 0.3) is 0 Å². The summed E-state index contributed by atoms with van der Waals surface area (Å²) in [6.45, 7) is 14.7. The summed E-state index contributed by atoms with van der Waals surface area (Å²) in [4.78, 5) is 49.4. The van der Waals surface area contributed by atoms with E-state index in [0.29, 0.717) is 18.4 Å². The first kappa shape index (κ1) is 37.5. The maximum Gasteiger partial charge on any atom is 0.514 e. The van der Waals surface area contributed by atoms with Crippen molar-refractivity contribution in [2.24, 2.45) is 11.7 Å². The van der Waals surface area contributed by atoms with Crippen molar-refractivity contribution in [2.45, 2.75) is 124 Å². The summed E-state index contributed by atoms with van der Waals surface area (Å²) in [5, 5.41) is 0. The summed E-state index contributed by atoms with van der Waals surface area (Å²) in [7, 11) is 0. The molecule has 12 heteroatoms. The average molecular weight is 612 g/mol. The number of hydrogen-bond acceptors (Lipinski definition) is 12. The Morgan fingerprint density at radius 1 is 0.721 bits per heavy atom. The maximum absolute atomic E-state index is 12.7. The van der Waals surface area contributed by atoms with Gasteiger partial charge in [0, 0.05) is 0 Å². The summed E-state index contributed by atoms with van der Waals surface area (Å²) in [5.41, 5.74) is 6.59. The van der Waals surface area contributed by atoms with Gasteiger partial charge in [0.1, 0.15) is 30.5 Å².